The molecule has 6 nitrogen and oxygen atoms in total. The molecule has 126 valence electrons. The largest absolute Gasteiger partial charge is 0.468 e. The van der Waals surface area contributed by atoms with E-state index in [1.807, 2.05) is 0 Å². The van der Waals surface area contributed by atoms with Crippen molar-refractivity contribution < 1.29 is 37.0 Å². The van der Waals surface area contributed by atoms with E-state index in [1.54, 1.807) is 0 Å². The molecule has 0 spiro atoms. The van der Waals surface area contributed by atoms with Gasteiger partial charge in [-0.1, -0.05) is 0 Å². The summed E-state index contributed by atoms with van der Waals surface area (Å²) < 4.78 is 48.8. The van der Waals surface area contributed by atoms with E-state index >= 15 is 0 Å². The predicted molar refractivity (Wildman–Crippen MR) is 70.5 cm³/mol. The van der Waals surface area contributed by atoms with Crippen molar-refractivity contribution in [2.45, 2.75) is 12.5 Å². The fraction of sp³-hybridized carbons (Fsp3) is 0.357. The van der Waals surface area contributed by atoms with Crippen molar-refractivity contribution in [2.75, 3.05) is 14.2 Å². The first-order chi connectivity index (χ1) is 10.8. The van der Waals surface area contributed by atoms with Gasteiger partial charge in [-0.2, -0.15) is 0 Å². The number of carbonyl (C=O) groups is 3. The van der Waals surface area contributed by atoms with E-state index in [0.29, 0.717) is 12.1 Å². The van der Waals surface area contributed by atoms with Gasteiger partial charge < -0.3 is 14.8 Å². The highest BCUT2D eigenvalue weighted by molar-refractivity contribution is 5.96. The van der Waals surface area contributed by atoms with Crippen LogP contribution < -0.4 is 5.32 Å². The second-order valence-corrected chi connectivity index (χ2v) is 4.48. The van der Waals surface area contributed by atoms with Crippen LogP contribution in [0.15, 0.2) is 12.1 Å². The van der Waals surface area contributed by atoms with Crippen molar-refractivity contribution in [1.29, 1.82) is 0 Å². The van der Waals surface area contributed by atoms with Gasteiger partial charge in [0.25, 0.3) is 0 Å². The van der Waals surface area contributed by atoms with E-state index in [9.17, 15) is 27.6 Å². The molecule has 0 aromatic heterocycles. The van der Waals surface area contributed by atoms with E-state index in [2.05, 4.69) is 14.8 Å². The molecule has 0 aliphatic heterocycles. The maximum Gasteiger partial charge on any atom is 0.322 e. The molecular formula is C14H14F3NO5. The van der Waals surface area contributed by atoms with Gasteiger partial charge in [-0.25, -0.2) is 13.2 Å². The maximum atomic E-state index is 13.7. The molecule has 1 atom stereocenters. The Morgan fingerprint density at radius 1 is 1.09 bits per heavy atom. The third-order valence-electron chi connectivity index (χ3n) is 3.12. The number of nitrogens with one attached hydrogen (secondary N) is 1. The van der Waals surface area contributed by atoms with Crippen LogP contribution in [0.2, 0.25) is 0 Å². The lowest BCUT2D eigenvalue weighted by atomic mass is 9.93. The molecule has 1 amide bonds. The van der Waals surface area contributed by atoms with Crippen LogP contribution in [-0.4, -0.2) is 38.6 Å². The Bertz CT molecular complexity index is 592. The summed E-state index contributed by atoms with van der Waals surface area (Å²) in [7, 11) is 2.02. The summed E-state index contributed by atoms with van der Waals surface area (Å²) >= 11 is 0. The van der Waals surface area contributed by atoms with E-state index in [-0.39, 0.29) is 12.0 Å². The van der Waals surface area contributed by atoms with E-state index in [0.717, 1.165) is 14.2 Å². The Hall–Kier alpha value is -2.58. The molecule has 0 aliphatic carbocycles. The number of benzene rings is 1. The molecule has 1 rings (SSSR count). The van der Waals surface area contributed by atoms with Gasteiger partial charge in [0.05, 0.1) is 20.3 Å². The zero-order chi connectivity index (χ0) is 17.6. The molecule has 0 saturated carbocycles. The first kappa shape index (κ1) is 18.5. The van der Waals surface area contributed by atoms with Crippen molar-refractivity contribution in [1.82, 2.24) is 5.32 Å². The SMILES string of the molecule is COC(=O)C(C(=O)OC)[C@H](Cc1cc(F)c(F)cc1F)NC=O. The third-order valence-corrected chi connectivity index (χ3v) is 3.12. The number of hydrogen-bond donors (Lipinski definition) is 1. The molecule has 1 N–H and O–H groups in total. The van der Waals surface area contributed by atoms with Crippen LogP contribution in [0.25, 0.3) is 0 Å². The van der Waals surface area contributed by atoms with Gasteiger partial charge in [0.2, 0.25) is 6.41 Å². The van der Waals surface area contributed by atoms with Gasteiger partial charge in [-0.05, 0) is 18.1 Å². The number of halogens is 3. The molecule has 0 fully saturated rings. The number of esters is 2. The molecule has 0 aliphatic rings. The molecule has 0 radical (unpaired) electrons. The predicted octanol–water partition coefficient (Wildman–Crippen LogP) is 0.723. The zero-order valence-electron chi connectivity index (χ0n) is 12.3. The van der Waals surface area contributed by atoms with Crippen LogP contribution in [0.3, 0.4) is 0 Å². The quantitative estimate of drug-likeness (QED) is 0.344. The number of rotatable bonds is 7. The van der Waals surface area contributed by atoms with Crippen LogP contribution in [0.5, 0.6) is 0 Å². The highest BCUT2D eigenvalue weighted by Crippen LogP contribution is 2.19. The van der Waals surface area contributed by atoms with Crippen LogP contribution in [-0.2, 0) is 30.3 Å². The average Bonchev–Trinajstić information content (AvgIpc) is 2.52. The number of ether oxygens (including phenoxy) is 2. The minimum Gasteiger partial charge on any atom is -0.468 e. The van der Waals surface area contributed by atoms with Gasteiger partial charge in [0.15, 0.2) is 17.6 Å². The lowest BCUT2D eigenvalue weighted by Gasteiger charge is -2.23. The summed E-state index contributed by atoms with van der Waals surface area (Å²) in [5.74, 6) is -7.43. The Morgan fingerprint density at radius 3 is 2.09 bits per heavy atom. The van der Waals surface area contributed by atoms with Crippen molar-refractivity contribution in [3.63, 3.8) is 0 Å². The van der Waals surface area contributed by atoms with Crippen molar-refractivity contribution >= 4 is 18.3 Å². The normalized spacial score (nSPS) is 11.7. The molecule has 0 bridgehead atoms. The molecule has 9 heteroatoms. The number of carbonyl (C=O) groups excluding carboxylic acids is 3. The fourth-order valence-electron chi connectivity index (χ4n) is 2.00. The first-order valence-electron chi connectivity index (χ1n) is 6.34. The van der Waals surface area contributed by atoms with E-state index < -0.39 is 47.8 Å². The van der Waals surface area contributed by atoms with E-state index in [4.69, 9.17) is 0 Å². The topological polar surface area (TPSA) is 81.7 Å². The lowest BCUT2D eigenvalue weighted by Crippen LogP contribution is -2.46. The van der Waals surface area contributed by atoms with Crippen molar-refractivity contribution in [2.24, 2.45) is 5.92 Å². The maximum absolute atomic E-state index is 13.7. The Morgan fingerprint density at radius 2 is 1.61 bits per heavy atom. The molecule has 1 aromatic rings. The first-order valence-corrected chi connectivity index (χ1v) is 6.34. The Kier molecular flexibility index (Phi) is 6.55. The van der Waals surface area contributed by atoms with Gasteiger partial charge in [-0.15, -0.1) is 0 Å². The van der Waals surface area contributed by atoms with E-state index in [1.165, 1.54) is 0 Å². The highest BCUT2D eigenvalue weighted by atomic mass is 19.2. The summed E-state index contributed by atoms with van der Waals surface area (Å²) in [4.78, 5) is 34.1. The summed E-state index contributed by atoms with van der Waals surface area (Å²) in [5.41, 5.74) is -0.332. The minimum atomic E-state index is -1.59. The summed E-state index contributed by atoms with van der Waals surface area (Å²) in [6.45, 7) is 0. The summed E-state index contributed by atoms with van der Waals surface area (Å²) in [5, 5.41) is 2.16. The monoisotopic (exact) mass is 333 g/mol. The summed E-state index contributed by atoms with van der Waals surface area (Å²) in [6.07, 6.45) is -0.280. The second kappa shape index (κ2) is 8.16. The molecular weight excluding hydrogens is 319 g/mol. The highest BCUT2D eigenvalue weighted by Gasteiger charge is 2.37. The second-order valence-electron chi connectivity index (χ2n) is 4.48. The standard InChI is InChI=1S/C14H14F3NO5/c1-22-13(20)12(14(21)23-2)11(18-6-19)4-7-3-9(16)10(17)5-8(7)15/h3,5-6,11-12H,4H2,1-2H3,(H,18,19)/t11-/m0/s1. The number of hydrogen-bond acceptors (Lipinski definition) is 5. The van der Waals surface area contributed by atoms with Gasteiger partial charge in [0, 0.05) is 6.07 Å². The Balaban J connectivity index is 3.19. The van der Waals surface area contributed by atoms with Gasteiger partial charge >= 0.3 is 11.9 Å². The minimum absolute atomic E-state index is 0.182. The van der Waals surface area contributed by atoms with Crippen LogP contribution >= 0.6 is 0 Å². The van der Waals surface area contributed by atoms with Crippen LogP contribution in [0.1, 0.15) is 5.56 Å². The fourth-order valence-corrected chi connectivity index (χ4v) is 2.00. The third kappa shape index (κ3) is 4.44. The van der Waals surface area contributed by atoms with Crippen LogP contribution in [0.4, 0.5) is 13.2 Å². The van der Waals surface area contributed by atoms with Crippen molar-refractivity contribution in [3.05, 3.63) is 35.1 Å². The lowest BCUT2D eigenvalue weighted by molar-refractivity contribution is -0.160. The smallest absolute Gasteiger partial charge is 0.322 e. The molecule has 1 aromatic carbocycles. The Labute approximate surface area is 129 Å². The van der Waals surface area contributed by atoms with Gasteiger partial charge in [0.1, 0.15) is 5.82 Å². The zero-order valence-corrected chi connectivity index (χ0v) is 12.3. The molecule has 0 unspecified atom stereocenters. The molecule has 23 heavy (non-hydrogen) atoms. The average molecular weight is 333 g/mol. The van der Waals surface area contributed by atoms with Crippen molar-refractivity contribution in [3.8, 4) is 0 Å². The van der Waals surface area contributed by atoms with Gasteiger partial charge in [-0.3, -0.25) is 14.4 Å². The molecule has 0 heterocycles. The van der Waals surface area contributed by atoms with Crippen LogP contribution in [0, 0.1) is 23.4 Å². The number of amides is 1. The molecule has 0 saturated heterocycles. The summed E-state index contributed by atoms with van der Waals surface area (Å²) in [6, 6.07) is -0.365. The number of methoxy groups -OCH3 is 2.